The van der Waals surface area contributed by atoms with Gasteiger partial charge in [-0.25, -0.2) is 4.99 Å². The van der Waals surface area contributed by atoms with E-state index in [4.69, 9.17) is 10.00 Å². The van der Waals surface area contributed by atoms with E-state index < -0.39 is 5.72 Å². The molecule has 2 aliphatic rings. The fourth-order valence-corrected chi connectivity index (χ4v) is 2.53. The molecule has 5 heteroatoms. The molecule has 1 aromatic rings. The maximum Gasteiger partial charge on any atom is 0.208 e. The van der Waals surface area contributed by atoms with Crippen molar-refractivity contribution in [3.05, 3.63) is 29.3 Å². The highest BCUT2D eigenvalue weighted by atomic mass is 16.5. The van der Waals surface area contributed by atoms with Crippen LogP contribution in [-0.2, 0) is 0 Å². The summed E-state index contributed by atoms with van der Waals surface area (Å²) < 4.78 is 5.98. The van der Waals surface area contributed by atoms with Gasteiger partial charge in [-0.2, -0.15) is 5.26 Å². The maximum atomic E-state index is 8.68. The van der Waals surface area contributed by atoms with Crippen LogP contribution in [0.4, 0.5) is 0 Å². The number of guanidine groups is 1. The highest BCUT2D eigenvalue weighted by Gasteiger charge is 2.41. The minimum atomic E-state index is -0.506. The van der Waals surface area contributed by atoms with Crippen LogP contribution < -0.4 is 15.4 Å². The molecule has 92 valence electrons. The molecule has 2 N–H and O–H groups in total. The number of aryl methyl sites for hydroxylation is 1. The Labute approximate surface area is 105 Å². The number of aliphatic imine (C=N–C) groups is 1. The number of hydrogen-bond acceptors (Lipinski definition) is 5. The van der Waals surface area contributed by atoms with Crippen molar-refractivity contribution >= 4 is 5.96 Å². The molecule has 0 saturated carbocycles. The van der Waals surface area contributed by atoms with Crippen LogP contribution in [0.3, 0.4) is 0 Å². The lowest BCUT2D eigenvalue weighted by molar-refractivity contribution is 0.0317. The van der Waals surface area contributed by atoms with Gasteiger partial charge in [-0.15, -0.1) is 0 Å². The molecule has 2 atom stereocenters. The minimum Gasteiger partial charge on any atom is -0.468 e. The summed E-state index contributed by atoms with van der Waals surface area (Å²) in [6.07, 6.45) is 2.64. The topological polar surface area (TPSA) is 69.4 Å². The summed E-state index contributed by atoms with van der Waals surface area (Å²) in [5, 5.41) is 14.3. The van der Waals surface area contributed by atoms with Gasteiger partial charge in [0.25, 0.3) is 0 Å². The van der Waals surface area contributed by atoms with Crippen LogP contribution in [0.25, 0.3) is 0 Å². The first kappa shape index (κ1) is 10.9. The monoisotopic (exact) mass is 242 g/mol. The van der Waals surface area contributed by atoms with Crippen LogP contribution in [0.15, 0.2) is 23.2 Å². The van der Waals surface area contributed by atoms with Crippen LogP contribution in [-0.4, -0.2) is 11.7 Å². The zero-order valence-corrected chi connectivity index (χ0v) is 10.3. The normalized spacial score (nSPS) is 28.1. The smallest absolute Gasteiger partial charge is 0.208 e. The highest BCUT2D eigenvalue weighted by Crippen LogP contribution is 2.42. The van der Waals surface area contributed by atoms with E-state index in [1.54, 1.807) is 0 Å². The van der Waals surface area contributed by atoms with E-state index in [2.05, 4.69) is 21.7 Å². The fraction of sp³-hybridized carbons (Fsp3) is 0.385. The minimum absolute atomic E-state index is 0.0377. The Hall–Kier alpha value is -2.22. The molecule has 0 radical (unpaired) electrons. The van der Waals surface area contributed by atoms with Gasteiger partial charge in [0, 0.05) is 12.0 Å². The standard InChI is InChI=1S/C13H14N4O/c1-8-3-4-11-9(5-8)10-6-13(2,18-11)17-12(16-10)15-7-14/h3-5,10H,6H2,1-2H3,(H2,15,16,17). The van der Waals surface area contributed by atoms with Gasteiger partial charge in [0.15, 0.2) is 11.9 Å². The lowest BCUT2D eigenvalue weighted by Crippen LogP contribution is -2.58. The molecule has 2 heterocycles. The number of nitriles is 1. The first-order valence-electron chi connectivity index (χ1n) is 5.90. The molecule has 0 saturated heterocycles. The second-order valence-corrected chi connectivity index (χ2v) is 4.93. The van der Waals surface area contributed by atoms with E-state index in [9.17, 15) is 0 Å². The number of nitrogens with zero attached hydrogens (tertiary/aromatic N) is 2. The number of ether oxygens (including phenoxy) is 1. The molecule has 0 fully saturated rings. The van der Waals surface area contributed by atoms with Gasteiger partial charge in [0.05, 0.1) is 6.04 Å². The van der Waals surface area contributed by atoms with Crippen LogP contribution in [0.2, 0.25) is 0 Å². The molecule has 0 aliphatic carbocycles. The predicted octanol–water partition coefficient (Wildman–Crippen LogP) is 1.56. The quantitative estimate of drug-likeness (QED) is 0.535. The lowest BCUT2D eigenvalue weighted by atomic mass is 9.91. The lowest BCUT2D eigenvalue weighted by Gasteiger charge is -2.42. The second-order valence-electron chi connectivity index (χ2n) is 4.93. The number of hydrogen-bond donors (Lipinski definition) is 2. The van der Waals surface area contributed by atoms with Crippen LogP contribution in [0.5, 0.6) is 5.75 Å². The second kappa shape index (κ2) is 3.64. The largest absolute Gasteiger partial charge is 0.468 e. The molecule has 0 spiro atoms. The first-order valence-corrected chi connectivity index (χ1v) is 5.90. The predicted molar refractivity (Wildman–Crippen MR) is 66.9 cm³/mol. The van der Waals surface area contributed by atoms with Crippen molar-refractivity contribution in [1.82, 2.24) is 10.6 Å². The Kier molecular flexibility index (Phi) is 2.20. The third-order valence-electron chi connectivity index (χ3n) is 3.28. The van der Waals surface area contributed by atoms with Crippen molar-refractivity contribution in [3.8, 4) is 11.9 Å². The molecule has 0 aromatic heterocycles. The molecule has 2 bridgehead atoms. The summed E-state index contributed by atoms with van der Waals surface area (Å²) in [6.45, 7) is 4.02. The first-order chi connectivity index (χ1) is 8.59. The van der Waals surface area contributed by atoms with E-state index in [1.165, 1.54) is 5.56 Å². The van der Waals surface area contributed by atoms with Gasteiger partial charge in [-0.3, -0.25) is 5.32 Å². The Morgan fingerprint density at radius 1 is 1.61 bits per heavy atom. The van der Waals surface area contributed by atoms with Gasteiger partial charge in [0.2, 0.25) is 5.96 Å². The van der Waals surface area contributed by atoms with Crippen molar-refractivity contribution < 1.29 is 4.74 Å². The molecular weight excluding hydrogens is 228 g/mol. The summed E-state index contributed by atoms with van der Waals surface area (Å²) in [6, 6.07) is 6.14. The molecule has 18 heavy (non-hydrogen) atoms. The summed E-state index contributed by atoms with van der Waals surface area (Å²) in [5.41, 5.74) is 1.77. The highest BCUT2D eigenvalue weighted by molar-refractivity contribution is 5.83. The fourth-order valence-electron chi connectivity index (χ4n) is 2.53. The Morgan fingerprint density at radius 3 is 3.22 bits per heavy atom. The average Bonchev–Trinajstić information content (AvgIpc) is 2.30. The summed E-state index contributed by atoms with van der Waals surface area (Å²) >= 11 is 0. The Bertz CT molecular complexity index is 575. The molecule has 3 rings (SSSR count). The maximum absolute atomic E-state index is 8.68. The van der Waals surface area contributed by atoms with E-state index in [1.807, 2.05) is 32.2 Å². The van der Waals surface area contributed by atoms with Gasteiger partial charge in [-0.05, 0) is 19.9 Å². The summed E-state index contributed by atoms with van der Waals surface area (Å²) in [7, 11) is 0. The Morgan fingerprint density at radius 2 is 2.44 bits per heavy atom. The molecule has 2 aliphatic heterocycles. The zero-order valence-electron chi connectivity index (χ0n) is 10.3. The molecular formula is C13H14N4O. The van der Waals surface area contributed by atoms with Crippen LogP contribution in [0.1, 0.15) is 30.5 Å². The number of nitrogens with one attached hydrogen (secondary N) is 2. The van der Waals surface area contributed by atoms with E-state index in [0.717, 1.165) is 17.7 Å². The third kappa shape index (κ3) is 1.66. The van der Waals surface area contributed by atoms with Crippen molar-refractivity contribution in [3.63, 3.8) is 0 Å². The molecule has 2 unspecified atom stereocenters. The van der Waals surface area contributed by atoms with Crippen molar-refractivity contribution in [1.29, 1.82) is 5.26 Å². The van der Waals surface area contributed by atoms with E-state index in [0.29, 0.717) is 5.96 Å². The zero-order chi connectivity index (χ0) is 12.8. The van der Waals surface area contributed by atoms with E-state index >= 15 is 0 Å². The molecule has 5 nitrogen and oxygen atoms in total. The molecule has 1 aromatic carbocycles. The van der Waals surface area contributed by atoms with Crippen molar-refractivity contribution in [2.24, 2.45) is 4.99 Å². The van der Waals surface area contributed by atoms with Gasteiger partial charge < -0.3 is 10.1 Å². The van der Waals surface area contributed by atoms with Gasteiger partial charge in [0.1, 0.15) is 5.75 Å². The van der Waals surface area contributed by atoms with Crippen molar-refractivity contribution in [2.45, 2.75) is 32.0 Å². The average molecular weight is 242 g/mol. The van der Waals surface area contributed by atoms with E-state index in [-0.39, 0.29) is 6.04 Å². The SMILES string of the molecule is Cc1ccc2c(c1)C1CC(C)(NC(NC#N)=N1)O2. The van der Waals surface area contributed by atoms with Crippen LogP contribution in [0, 0.1) is 18.4 Å². The summed E-state index contributed by atoms with van der Waals surface area (Å²) in [5.74, 6) is 1.34. The number of fused-ring (bicyclic) bond motifs is 4. The Balaban J connectivity index is 2.07. The third-order valence-corrected chi connectivity index (χ3v) is 3.28. The van der Waals surface area contributed by atoms with Crippen molar-refractivity contribution in [2.75, 3.05) is 0 Å². The van der Waals surface area contributed by atoms with Gasteiger partial charge in [-0.1, -0.05) is 17.7 Å². The number of rotatable bonds is 0. The summed E-state index contributed by atoms with van der Waals surface area (Å²) in [4.78, 5) is 4.51. The molecule has 0 amide bonds. The van der Waals surface area contributed by atoms with Gasteiger partial charge >= 0.3 is 0 Å². The van der Waals surface area contributed by atoms with Crippen LogP contribution >= 0.6 is 0 Å². The number of benzene rings is 1.